The molecule has 5 heteroatoms. The second kappa shape index (κ2) is 6.60. The number of rotatable bonds is 3. The lowest BCUT2D eigenvalue weighted by atomic mass is 10.1. The summed E-state index contributed by atoms with van der Waals surface area (Å²) in [5, 5.41) is 3.89. The normalized spacial score (nSPS) is 18.1. The van der Waals surface area contributed by atoms with Crippen LogP contribution in [0.2, 0.25) is 10.0 Å². The van der Waals surface area contributed by atoms with Crippen LogP contribution in [0.5, 0.6) is 0 Å². The number of carbonyl (C=O) groups is 1. The van der Waals surface area contributed by atoms with Crippen molar-refractivity contribution < 1.29 is 4.79 Å². The van der Waals surface area contributed by atoms with Crippen molar-refractivity contribution in [3.63, 3.8) is 0 Å². The molecule has 1 aliphatic rings. The minimum atomic E-state index is -0.132. The molecular weight excluding hydrogens is 283 g/mol. The minimum absolute atomic E-state index is 0.0221. The molecule has 0 saturated carbocycles. The van der Waals surface area contributed by atoms with Gasteiger partial charge in [0.2, 0.25) is 5.91 Å². The molecule has 0 aromatic heterocycles. The third-order valence-electron chi connectivity index (χ3n) is 3.51. The Hall–Kier alpha value is -0.770. The van der Waals surface area contributed by atoms with Crippen LogP contribution in [0.1, 0.15) is 26.2 Å². The van der Waals surface area contributed by atoms with Crippen LogP contribution in [0.4, 0.5) is 5.69 Å². The van der Waals surface area contributed by atoms with E-state index in [1.807, 2.05) is 6.92 Å². The van der Waals surface area contributed by atoms with Gasteiger partial charge in [-0.3, -0.25) is 9.69 Å². The van der Waals surface area contributed by atoms with Gasteiger partial charge in [0.15, 0.2) is 0 Å². The van der Waals surface area contributed by atoms with Crippen LogP contribution in [-0.4, -0.2) is 29.9 Å². The van der Waals surface area contributed by atoms with Crippen molar-refractivity contribution in [1.82, 2.24) is 4.90 Å². The van der Waals surface area contributed by atoms with E-state index < -0.39 is 0 Å². The fraction of sp³-hybridized carbons (Fsp3) is 0.500. The largest absolute Gasteiger partial charge is 0.323 e. The first-order valence-corrected chi connectivity index (χ1v) is 7.33. The van der Waals surface area contributed by atoms with E-state index in [9.17, 15) is 4.79 Å². The molecule has 0 bridgehead atoms. The van der Waals surface area contributed by atoms with Crippen LogP contribution in [0.25, 0.3) is 0 Å². The Kier molecular flexibility index (Phi) is 5.08. The lowest BCUT2D eigenvalue weighted by molar-refractivity contribution is -0.121. The molecule has 0 radical (unpaired) electrons. The molecule has 0 spiro atoms. The van der Waals surface area contributed by atoms with Crippen LogP contribution in [-0.2, 0) is 4.79 Å². The van der Waals surface area contributed by atoms with Crippen LogP contribution >= 0.6 is 23.2 Å². The molecule has 1 fully saturated rings. The number of likely N-dealkylation sites (tertiary alicyclic amines) is 1. The zero-order valence-electron chi connectivity index (χ0n) is 11.0. The van der Waals surface area contributed by atoms with Crippen LogP contribution in [0.3, 0.4) is 0 Å². The molecule has 0 unspecified atom stereocenters. The molecule has 19 heavy (non-hydrogen) atoms. The number of nitrogens with one attached hydrogen (secondary N) is 1. The number of benzene rings is 1. The number of halogens is 2. The Bertz CT molecular complexity index is 459. The number of amides is 1. The third kappa shape index (κ3) is 3.85. The average Bonchev–Trinajstić information content (AvgIpc) is 2.42. The predicted molar refractivity (Wildman–Crippen MR) is 80.0 cm³/mol. The number of nitrogens with zero attached hydrogens (tertiary/aromatic N) is 1. The molecule has 0 aliphatic carbocycles. The maximum absolute atomic E-state index is 12.2. The van der Waals surface area contributed by atoms with E-state index in [0.29, 0.717) is 15.7 Å². The maximum Gasteiger partial charge on any atom is 0.241 e. The quantitative estimate of drug-likeness (QED) is 0.921. The fourth-order valence-corrected chi connectivity index (χ4v) is 2.76. The van der Waals surface area contributed by atoms with Gasteiger partial charge >= 0.3 is 0 Å². The van der Waals surface area contributed by atoms with Crippen molar-refractivity contribution in [2.45, 2.75) is 32.2 Å². The smallest absolute Gasteiger partial charge is 0.241 e. The highest BCUT2D eigenvalue weighted by Crippen LogP contribution is 2.25. The topological polar surface area (TPSA) is 32.3 Å². The highest BCUT2D eigenvalue weighted by Gasteiger charge is 2.23. The number of hydrogen-bond donors (Lipinski definition) is 1. The van der Waals surface area contributed by atoms with E-state index in [4.69, 9.17) is 23.2 Å². The van der Waals surface area contributed by atoms with Crippen molar-refractivity contribution in [2.24, 2.45) is 0 Å². The van der Waals surface area contributed by atoms with Gasteiger partial charge in [0.1, 0.15) is 0 Å². The zero-order chi connectivity index (χ0) is 13.8. The lowest BCUT2D eigenvalue weighted by Crippen LogP contribution is -2.44. The molecule has 1 atom stereocenters. The van der Waals surface area contributed by atoms with Gasteiger partial charge in [0, 0.05) is 5.02 Å². The Morgan fingerprint density at radius 1 is 1.26 bits per heavy atom. The summed E-state index contributed by atoms with van der Waals surface area (Å²) in [6.45, 7) is 3.91. The molecule has 104 valence electrons. The van der Waals surface area contributed by atoms with E-state index in [2.05, 4.69) is 10.2 Å². The Balaban J connectivity index is 1.99. The van der Waals surface area contributed by atoms with E-state index in [-0.39, 0.29) is 11.9 Å². The standard InChI is InChI=1S/C14H18Cl2N2O/c1-10(18-7-3-2-4-8-18)14(19)17-13-6-5-11(15)9-12(13)16/h5-6,9-10H,2-4,7-8H2,1H3,(H,17,19)/t10-/m0/s1. The Labute approximate surface area is 123 Å². The van der Waals surface area contributed by atoms with Gasteiger partial charge in [-0.2, -0.15) is 0 Å². The predicted octanol–water partition coefficient (Wildman–Crippen LogP) is 3.81. The molecular formula is C14H18Cl2N2O. The van der Waals surface area contributed by atoms with Crippen molar-refractivity contribution in [3.8, 4) is 0 Å². The molecule has 1 amide bonds. The van der Waals surface area contributed by atoms with E-state index in [1.54, 1.807) is 18.2 Å². The molecule has 1 heterocycles. The fourth-order valence-electron chi connectivity index (χ4n) is 2.30. The maximum atomic E-state index is 12.2. The summed E-state index contributed by atoms with van der Waals surface area (Å²) in [6, 6.07) is 4.94. The first kappa shape index (κ1) is 14.6. The monoisotopic (exact) mass is 300 g/mol. The molecule has 2 rings (SSSR count). The van der Waals surface area contributed by atoms with Gasteiger partial charge < -0.3 is 5.32 Å². The number of anilines is 1. The van der Waals surface area contributed by atoms with Crippen molar-refractivity contribution in [1.29, 1.82) is 0 Å². The van der Waals surface area contributed by atoms with E-state index >= 15 is 0 Å². The van der Waals surface area contributed by atoms with Gasteiger partial charge in [-0.15, -0.1) is 0 Å². The molecule has 1 aliphatic heterocycles. The SMILES string of the molecule is C[C@@H](C(=O)Nc1ccc(Cl)cc1Cl)N1CCCCC1. The molecule has 1 aromatic carbocycles. The van der Waals surface area contributed by atoms with E-state index in [1.165, 1.54) is 19.3 Å². The number of carbonyl (C=O) groups excluding carboxylic acids is 1. The second-order valence-corrected chi connectivity index (χ2v) is 5.73. The highest BCUT2D eigenvalue weighted by atomic mass is 35.5. The van der Waals surface area contributed by atoms with Crippen molar-refractivity contribution in [3.05, 3.63) is 28.2 Å². The first-order valence-electron chi connectivity index (χ1n) is 6.58. The van der Waals surface area contributed by atoms with Crippen molar-refractivity contribution in [2.75, 3.05) is 18.4 Å². The van der Waals surface area contributed by atoms with Gasteiger partial charge in [0.25, 0.3) is 0 Å². The van der Waals surface area contributed by atoms with Crippen LogP contribution < -0.4 is 5.32 Å². The highest BCUT2D eigenvalue weighted by molar-refractivity contribution is 6.36. The summed E-state index contributed by atoms with van der Waals surface area (Å²) in [5.74, 6) is -0.0221. The number of piperidine rings is 1. The molecule has 1 N–H and O–H groups in total. The summed E-state index contributed by atoms with van der Waals surface area (Å²) in [4.78, 5) is 14.4. The first-order chi connectivity index (χ1) is 9.08. The minimum Gasteiger partial charge on any atom is -0.323 e. The lowest BCUT2D eigenvalue weighted by Gasteiger charge is -2.31. The molecule has 3 nitrogen and oxygen atoms in total. The summed E-state index contributed by atoms with van der Waals surface area (Å²) in [5.41, 5.74) is 0.611. The summed E-state index contributed by atoms with van der Waals surface area (Å²) >= 11 is 11.9. The molecule has 1 aromatic rings. The Morgan fingerprint density at radius 3 is 2.58 bits per heavy atom. The summed E-state index contributed by atoms with van der Waals surface area (Å²) in [7, 11) is 0. The van der Waals surface area contributed by atoms with Gasteiger partial charge in [0.05, 0.1) is 16.8 Å². The van der Waals surface area contributed by atoms with Gasteiger partial charge in [-0.05, 0) is 51.1 Å². The summed E-state index contributed by atoms with van der Waals surface area (Å²) in [6.07, 6.45) is 3.59. The van der Waals surface area contributed by atoms with Gasteiger partial charge in [-0.25, -0.2) is 0 Å². The average molecular weight is 301 g/mol. The molecule has 1 saturated heterocycles. The van der Waals surface area contributed by atoms with Crippen LogP contribution in [0.15, 0.2) is 18.2 Å². The summed E-state index contributed by atoms with van der Waals surface area (Å²) < 4.78 is 0. The van der Waals surface area contributed by atoms with E-state index in [0.717, 1.165) is 13.1 Å². The second-order valence-electron chi connectivity index (χ2n) is 4.89. The van der Waals surface area contributed by atoms with Crippen LogP contribution in [0, 0.1) is 0 Å². The Morgan fingerprint density at radius 2 is 1.95 bits per heavy atom. The van der Waals surface area contributed by atoms with Crippen molar-refractivity contribution >= 4 is 34.8 Å². The third-order valence-corrected chi connectivity index (χ3v) is 4.05. The number of hydrogen-bond acceptors (Lipinski definition) is 2. The van der Waals surface area contributed by atoms with Gasteiger partial charge in [-0.1, -0.05) is 29.6 Å². The zero-order valence-corrected chi connectivity index (χ0v) is 12.5.